The molecular formula is C14H19FN2O3S. The first-order valence-corrected chi connectivity index (χ1v) is 8.25. The van der Waals surface area contributed by atoms with E-state index in [2.05, 4.69) is 0 Å². The smallest absolute Gasteiger partial charge is 0.243 e. The molecule has 0 atom stereocenters. The highest BCUT2D eigenvalue weighted by Gasteiger charge is 2.26. The summed E-state index contributed by atoms with van der Waals surface area (Å²) in [5.74, 6) is -0.0396. The SMILES string of the molecule is NC/C=C(/F)COc1ccc(S(=O)(=O)N2CCCC2)cc1. The van der Waals surface area contributed by atoms with Crippen LogP contribution in [0.2, 0.25) is 0 Å². The van der Waals surface area contributed by atoms with Crippen LogP contribution in [0.25, 0.3) is 0 Å². The summed E-state index contributed by atoms with van der Waals surface area (Å²) in [6, 6.07) is 6.01. The highest BCUT2D eigenvalue weighted by atomic mass is 32.2. The zero-order chi connectivity index (χ0) is 15.3. The van der Waals surface area contributed by atoms with E-state index in [-0.39, 0.29) is 18.0 Å². The lowest BCUT2D eigenvalue weighted by atomic mass is 10.3. The van der Waals surface area contributed by atoms with Gasteiger partial charge >= 0.3 is 0 Å². The van der Waals surface area contributed by atoms with Crippen molar-refractivity contribution in [3.8, 4) is 5.75 Å². The van der Waals surface area contributed by atoms with Crippen molar-refractivity contribution in [2.45, 2.75) is 17.7 Å². The van der Waals surface area contributed by atoms with Crippen molar-refractivity contribution in [3.05, 3.63) is 36.2 Å². The van der Waals surface area contributed by atoms with E-state index in [1.807, 2.05) is 0 Å². The summed E-state index contributed by atoms with van der Waals surface area (Å²) < 4.78 is 44.4. The Morgan fingerprint density at radius 2 is 1.90 bits per heavy atom. The van der Waals surface area contributed by atoms with Crippen LogP contribution in [0.4, 0.5) is 4.39 Å². The minimum absolute atomic E-state index is 0.113. The number of nitrogens with two attached hydrogens (primary N) is 1. The van der Waals surface area contributed by atoms with E-state index in [0.29, 0.717) is 18.8 Å². The van der Waals surface area contributed by atoms with Crippen molar-refractivity contribution in [2.75, 3.05) is 26.2 Å². The van der Waals surface area contributed by atoms with Crippen LogP contribution in [0.5, 0.6) is 5.75 Å². The van der Waals surface area contributed by atoms with Gasteiger partial charge in [0.1, 0.15) is 18.2 Å². The first kappa shape index (κ1) is 15.9. The highest BCUT2D eigenvalue weighted by Crippen LogP contribution is 2.23. The predicted molar refractivity (Wildman–Crippen MR) is 78.2 cm³/mol. The lowest BCUT2D eigenvalue weighted by Gasteiger charge is -2.15. The molecule has 1 heterocycles. The third-order valence-corrected chi connectivity index (χ3v) is 5.16. The summed E-state index contributed by atoms with van der Waals surface area (Å²) in [7, 11) is -3.42. The third kappa shape index (κ3) is 4.03. The van der Waals surface area contributed by atoms with Gasteiger partial charge in [-0.3, -0.25) is 0 Å². The van der Waals surface area contributed by atoms with Gasteiger partial charge in [-0.25, -0.2) is 12.8 Å². The Kier molecular flexibility index (Phi) is 5.33. The molecule has 2 rings (SSSR count). The second kappa shape index (κ2) is 7.02. The van der Waals surface area contributed by atoms with Gasteiger partial charge in [-0.05, 0) is 43.2 Å². The summed E-state index contributed by atoms with van der Waals surface area (Å²) in [5.41, 5.74) is 5.18. The standard InChI is InChI=1S/C14H19FN2O3S/c15-12(7-8-16)11-20-13-3-5-14(6-4-13)21(18,19)17-9-1-2-10-17/h3-7H,1-2,8-11,16H2/b12-7+. The fourth-order valence-electron chi connectivity index (χ4n) is 2.12. The second-order valence-corrected chi connectivity index (χ2v) is 6.70. The number of sulfonamides is 1. The summed E-state index contributed by atoms with van der Waals surface area (Å²) >= 11 is 0. The fraction of sp³-hybridized carbons (Fsp3) is 0.429. The maximum Gasteiger partial charge on any atom is 0.243 e. The molecule has 0 aromatic heterocycles. The monoisotopic (exact) mass is 314 g/mol. The number of hydrogen-bond acceptors (Lipinski definition) is 4. The summed E-state index contributed by atoms with van der Waals surface area (Å²) in [6.07, 6.45) is 3.02. The van der Waals surface area contributed by atoms with Gasteiger partial charge in [0.2, 0.25) is 10.0 Å². The van der Waals surface area contributed by atoms with Crippen molar-refractivity contribution in [1.82, 2.24) is 4.31 Å². The maximum absolute atomic E-state index is 13.1. The Bertz CT molecular complexity index is 593. The van der Waals surface area contributed by atoms with E-state index in [0.717, 1.165) is 12.8 Å². The molecule has 1 aliphatic rings. The molecule has 0 spiro atoms. The second-order valence-electron chi connectivity index (χ2n) is 4.76. The minimum atomic E-state index is -3.42. The van der Waals surface area contributed by atoms with E-state index in [1.54, 1.807) is 0 Å². The molecule has 2 N–H and O–H groups in total. The number of ether oxygens (including phenoxy) is 1. The van der Waals surface area contributed by atoms with Crippen LogP contribution in [0.3, 0.4) is 0 Å². The Morgan fingerprint density at radius 1 is 1.29 bits per heavy atom. The van der Waals surface area contributed by atoms with E-state index in [4.69, 9.17) is 10.5 Å². The summed E-state index contributed by atoms with van der Waals surface area (Å²) in [5, 5.41) is 0. The molecule has 116 valence electrons. The van der Waals surface area contributed by atoms with Crippen molar-refractivity contribution in [3.63, 3.8) is 0 Å². The highest BCUT2D eigenvalue weighted by molar-refractivity contribution is 7.89. The van der Waals surface area contributed by atoms with Crippen LogP contribution in [0, 0.1) is 0 Å². The van der Waals surface area contributed by atoms with Gasteiger partial charge in [-0.2, -0.15) is 4.31 Å². The molecule has 1 saturated heterocycles. The topological polar surface area (TPSA) is 72.6 Å². The van der Waals surface area contributed by atoms with Crippen molar-refractivity contribution in [1.29, 1.82) is 0 Å². The van der Waals surface area contributed by atoms with Crippen LogP contribution in [0.1, 0.15) is 12.8 Å². The summed E-state index contributed by atoms with van der Waals surface area (Å²) in [6.45, 7) is 1.03. The van der Waals surface area contributed by atoms with E-state index in [1.165, 1.54) is 34.6 Å². The molecule has 0 aliphatic carbocycles. The predicted octanol–water partition coefficient (Wildman–Crippen LogP) is 1.66. The molecule has 1 fully saturated rings. The molecule has 1 aromatic carbocycles. The molecular weight excluding hydrogens is 295 g/mol. The van der Waals surface area contributed by atoms with Gasteiger partial charge in [-0.1, -0.05) is 0 Å². The van der Waals surface area contributed by atoms with Crippen molar-refractivity contribution >= 4 is 10.0 Å². The summed E-state index contributed by atoms with van der Waals surface area (Å²) in [4.78, 5) is 0.231. The molecule has 0 radical (unpaired) electrons. The first-order valence-electron chi connectivity index (χ1n) is 6.81. The lowest BCUT2D eigenvalue weighted by Crippen LogP contribution is -2.27. The molecule has 1 aromatic rings. The van der Waals surface area contributed by atoms with E-state index >= 15 is 0 Å². The largest absolute Gasteiger partial charge is 0.487 e. The normalized spacial score (nSPS) is 17.1. The molecule has 7 heteroatoms. The molecule has 0 saturated carbocycles. The van der Waals surface area contributed by atoms with Crippen LogP contribution in [-0.4, -0.2) is 39.0 Å². The molecule has 0 unspecified atom stereocenters. The number of benzene rings is 1. The molecule has 5 nitrogen and oxygen atoms in total. The average molecular weight is 314 g/mol. The Hall–Kier alpha value is -1.44. The van der Waals surface area contributed by atoms with Gasteiger partial charge in [-0.15, -0.1) is 0 Å². The number of halogens is 1. The zero-order valence-corrected chi connectivity index (χ0v) is 12.5. The van der Waals surface area contributed by atoms with E-state index < -0.39 is 15.9 Å². The van der Waals surface area contributed by atoms with Gasteiger partial charge in [0, 0.05) is 19.6 Å². The van der Waals surface area contributed by atoms with Crippen LogP contribution in [0.15, 0.2) is 41.1 Å². The van der Waals surface area contributed by atoms with Crippen molar-refractivity contribution < 1.29 is 17.5 Å². The number of hydrogen-bond donors (Lipinski definition) is 1. The number of rotatable bonds is 6. The molecule has 1 aliphatic heterocycles. The van der Waals surface area contributed by atoms with Crippen LogP contribution in [-0.2, 0) is 10.0 Å². The van der Waals surface area contributed by atoms with Gasteiger partial charge in [0.25, 0.3) is 0 Å². The first-order chi connectivity index (χ1) is 10.0. The average Bonchev–Trinajstić information content (AvgIpc) is 3.01. The van der Waals surface area contributed by atoms with Crippen molar-refractivity contribution in [2.24, 2.45) is 5.73 Å². The fourth-order valence-corrected chi connectivity index (χ4v) is 3.64. The molecule has 0 bridgehead atoms. The Morgan fingerprint density at radius 3 is 2.48 bits per heavy atom. The Balaban J connectivity index is 2.03. The quantitative estimate of drug-likeness (QED) is 0.867. The van der Waals surface area contributed by atoms with Gasteiger partial charge in [0.05, 0.1) is 4.90 Å². The number of nitrogens with zero attached hydrogens (tertiary/aromatic N) is 1. The molecule has 0 amide bonds. The van der Waals surface area contributed by atoms with Crippen LogP contribution < -0.4 is 10.5 Å². The Labute approximate surface area is 124 Å². The van der Waals surface area contributed by atoms with Gasteiger partial charge in [0.15, 0.2) is 0 Å². The van der Waals surface area contributed by atoms with E-state index in [9.17, 15) is 12.8 Å². The minimum Gasteiger partial charge on any atom is -0.487 e. The van der Waals surface area contributed by atoms with Crippen LogP contribution >= 0.6 is 0 Å². The maximum atomic E-state index is 13.1. The molecule has 21 heavy (non-hydrogen) atoms. The zero-order valence-electron chi connectivity index (χ0n) is 11.7. The lowest BCUT2D eigenvalue weighted by molar-refractivity contribution is 0.318. The third-order valence-electron chi connectivity index (χ3n) is 3.24. The van der Waals surface area contributed by atoms with Gasteiger partial charge < -0.3 is 10.5 Å².